The van der Waals surface area contributed by atoms with E-state index in [9.17, 15) is 0 Å². The average molecular weight is 236 g/mol. The lowest BCUT2D eigenvalue weighted by Gasteiger charge is -2.28. The molecule has 2 unspecified atom stereocenters. The largest absolute Gasteiger partial charge is 0.427 e. The van der Waals surface area contributed by atoms with E-state index >= 15 is 0 Å². The summed E-state index contributed by atoms with van der Waals surface area (Å²) >= 11 is 0. The molecule has 0 aromatic heterocycles. The van der Waals surface area contributed by atoms with E-state index in [-0.39, 0.29) is 16.9 Å². The molecule has 1 rings (SSSR count). The summed E-state index contributed by atoms with van der Waals surface area (Å²) in [6, 6.07) is 0. The van der Waals surface area contributed by atoms with Crippen LogP contribution in [0, 0.1) is 33.9 Å². The molecule has 0 amide bonds. The Labute approximate surface area is 103 Å². The Kier molecular flexibility index (Phi) is 4.23. The third-order valence-electron chi connectivity index (χ3n) is 3.61. The number of rotatable bonds is 3. The number of ether oxygens (including phenoxy) is 2. The van der Waals surface area contributed by atoms with Crippen molar-refractivity contribution in [2.45, 2.75) is 52.6 Å². The van der Waals surface area contributed by atoms with Gasteiger partial charge in [0.25, 0.3) is 12.5 Å². The summed E-state index contributed by atoms with van der Waals surface area (Å²) in [5, 5.41) is 17.2. The van der Waals surface area contributed by atoms with Crippen molar-refractivity contribution in [1.82, 2.24) is 0 Å². The van der Waals surface area contributed by atoms with Gasteiger partial charge >= 0.3 is 0 Å². The molecule has 1 fully saturated rings. The van der Waals surface area contributed by atoms with Crippen LogP contribution in [0.2, 0.25) is 0 Å². The van der Waals surface area contributed by atoms with Gasteiger partial charge in [-0.25, -0.2) is 0 Å². The molecule has 94 valence electrons. The minimum Gasteiger partial charge on any atom is -0.427 e. The smallest absolute Gasteiger partial charge is 0.286 e. The van der Waals surface area contributed by atoms with E-state index in [1.807, 2.05) is 0 Å². The summed E-state index contributed by atoms with van der Waals surface area (Å²) < 4.78 is 10.0. The van der Waals surface area contributed by atoms with Crippen LogP contribution in [0.3, 0.4) is 0 Å². The van der Waals surface area contributed by atoms with E-state index in [0.717, 1.165) is 25.7 Å². The molecule has 0 aromatic rings. The zero-order chi connectivity index (χ0) is 12.9. The van der Waals surface area contributed by atoms with E-state index in [4.69, 9.17) is 20.0 Å². The third-order valence-corrected chi connectivity index (χ3v) is 3.61. The highest BCUT2D eigenvalue weighted by molar-refractivity contribution is 4.89. The second kappa shape index (κ2) is 5.27. The van der Waals surface area contributed by atoms with Gasteiger partial charge in [-0.15, -0.1) is 0 Å². The molecule has 0 saturated heterocycles. The van der Waals surface area contributed by atoms with Crippen LogP contribution in [0.5, 0.6) is 0 Å². The summed E-state index contributed by atoms with van der Waals surface area (Å²) in [6.07, 6.45) is 7.15. The fourth-order valence-electron chi connectivity index (χ4n) is 2.58. The molecular formula is C13H20N2O2. The van der Waals surface area contributed by atoms with Crippen LogP contribution >= 0.6 is 0 Å². The van der Waals surface area contributed by atoms with Crippen molar-refractivity contribution >= 4 is 0 Å². The van der Waals surface area contributed by atoms with Gasteiger partial charge in [-0.05, 0) is 31.1 Å². The Morgan fingerprint density at radius 3 is 2.41 bits per heavy atom. The van der Waals surface area contributed by atoms with Crippen LogP contribution in [0.25, 0.3) is 0 Å². The molecule has 0 N–H and O–H groups in total. The molecule has 17 heavy (non-hydrogen) atoms. The Bertz CT molecular complexity index is 340. The fraction of sp³-hybridized carbons (Fsp3) is 0.846. The van der Waals surface area contributed by atoms with Gasteiger partial charge in [0.2, 0.25) is 0 Å². The lowest BCUT2D eigenvalue weighted by atomic mass is 9.80. The van der Waals surface area contributed by atoms with Crippen LogP contribution in [0.4, 0.5) is 0 Å². The number of nitrogens with zero attached hydrogens (tertiary/aromatic N) is 2. The van der Waals surface area contributed by atoms with E-state index in [0.29, 0.717) is 6.61 Å². The van der Waals surface area contributed by atoms with Crippen LogP contribution < -0.4 is 0 Å². The number of hydrogen-bond acceptors (Lipinski definition) is 4. The molecule has 1 saturated carbocycles. The first-order valence-corrected chi connectivity index (χ1v) is 5.96. The fourth-order valence-corrected chi connectivity index (χ4v) is 2.58. The highest BCUT2D eigenvalue weighted by atomic mass is 16.5. The summed E-state index contributed by atoms with van der Waals surface area (Å²) in [5.74, 6) is 0. The number of nitriles is 2. The molecule has 0 spiro atoms. The lowest BCUT2D eigenvalue weighted by Crippen LogP contribution is -2.27. The monoisotopic (exact) mass is 236 g/mol. The second-order valence-electron chi connectivity index (χ2n) is 6.09. The summed E-state index contributed by atoms with van der Waals surface area (Å²) in [5.41, 5.74) is 0.0942. The molecule has 4 nitrogen and oxygen atoms in total. The first kappa shape index (κ1) is 13.6. The minimum absolute atomic E-state index is 0.0650. The Hall–Kier alpha value is -1.42. The first-order valence-electron chi connectivity index (χ1n) is 5.96. The maximum atomic E-state index is 8.67. The van der Waals surface area contributed by atoms with Crippen molar-refractivity contribution in [2.24, 2.45) is 10.8 Å². The van der Waals surface area contributed by atoms with E-state index < -0.39 is 0 Å². The molecule has 2 atom stereocenters. The van der Waals surface area contributed by atoms with Gasteiger partial charge in [-0.1, -0.05) is 20.8 Å². The third kappa shape index (κ3) is 4.15. The maximum Gasteiger partial charge on any atom is 0.286 e. The normalized spacial score (nSPS) is 31.7. The van der Waals surface area contributed by atoms with Gasteiger partial charge < -0.3 is 9.47 Å². The summed E-state index contributed by atoms with van der Waals surface area (Å²) in [7, 11) is 0. The van der Waals surface area contributed by atoms with Crippen molar-refractivity contribution in [3.63, 3.8) is 0 Å². The highest BCUT2D eigenvalue weighted by Gasteiger charge is 2.38. The zero-order valence-corrected chi connectivity index (χ0v) is 10.8. The molecule has 0 bridgehead atoms. The standard InChI is InChI=1S/C13H20N2O2/c1-12(2)4-5-13(3,8-16-9-14)7-11(6-12)17-10-15/h11H,4-8H2,1-3H3. The molecule has 4 heteroatoms. The quantitative estimate of drug-likeness (QED) is 0.558. The Balaban J connectivity index is 2.75. The van der Waals surface area contributed by atoms with Gasteiger partial charge in [0.15, 0.2) is 0 Å². The van der Waals surface area contributed by atoms with Crippen LogP contribution in [0.1, 0.15) is 46.5 Å². The lowest BCUT2D eigenvalue weighted by molar-refractivity contribution is 0.0553. The van der Waals surface area contributed by atoms with E-state index in [1.54, 1.807) is 12.5 Å². The van der Waals surface area contributed by atoms with Crippen LogP contribution in [-0.2, 0) is 9.47 Å². The maximum absolute atomic E-state index is 8.67. The summed E-state index contributed by atoms with van der Waals surface area (Å²) in [4.78, 5) is 0. The molecule has 0 aliphatic heterocycles. The molecule has 0 radical (unpaired) electrons. The van der Waals surface area contributed by atoms with Gasteiger partial charge in [-0.2, -0.15) is 10.5 Å². The van der Waals surface area contributed by atoms with Crippen molar-refractivity contribution in [1.29, 1.82) is 10.5 Å². The Morgan fingerprint density at radius 1 is 1.12 bits per heavy atom. The zero-order valence-electron chi connectivity index (χ0n) is 10.8. The van der Waals surface area contributed by atoms with Crippen molar-refractivity contribution in [2.75, 3.05) is 6.61 Å². The summed E-state index contributed by atoms with van der Waals surface area (Å²) in [6.45, 7) is 6.89. The Morgan fingerprint density at radius 2 is 1.82 bits per heavy atom. The molecule has 1 aliphatic carbocycles. The predicted octanol–water partition coefficient (Wildman–Crippen LogP) is 2.96. The van der Waals surface area contributed by atoms with Gasteiger partial charge in [0.1, 0.15) is 12.7 Å². The topological polar surface area (TPSA) is 66.0 Å². The predicted molar refractivity (Wildman–Crippen MR) is 62.4 cm³/mol. The van der Waals surface area contributed by atoms with Crippen LogP contribution in [-0.4, -0.2) is 12.7 Å². The number of hydrogen-bond donors (Lipinski definition) is 0. The highest BCUT2D eigenvalue weighted by Crippen LogP contribution is 2.43. The minimum atomic E-state index is -0.0784. The molecular weight excluding hydrogens is 216 g/mol. The average Bonchev–Trinajstić information content (AvgIpc) is 2.34. The molecule has 0 heterocycles. The molecule has 1 aliphatic rings. The van der Waals surface area contributed by atoms with Gasteiger partial charge in [-0.3, -0.25) is 0 Å². The van der Waals surface area contributed by atoms with Crippen LogP contribution in [0.15, 0.2) is 0 Å². The first-order chi connectivity index (χ1) is 7.91. The second-order valence-corrected chi connectivity index (χ2v) is 6.09. The van der Waals surface area contributed by atoms with Crippen molar-refractivity contribution in [3.8, 4) is 12.5 Å². The van der Waals surface area contributed by atoms with Crippen molar-refractivity contribution < 1.29 is 9.47 Å². The van der Waals surface area contributed by atoms with Gasteiger partial charge in [0.05, 0.1) is 0 Å². The van der Waals surface area contributed by atoms with Crippen molar-refractivity contribution in [3.05, 3.63) is 0 Å². The van der Waals surface area contributed by atoms with E-state index in [1.165, 1.54) is 0 Å². The van der Waals surface area contributed by atoms with E-state index in [2.05, 4.69) is 20.8 Å². The SMILES string of the molecule is CC1(C)CCC(C)(COC#N)CC(OC#N)C1. The van der Waals surface area contributed by atoms with Gasteiger partial charge in [0, 0.05) is 5.41 Å². The molecule has 0 aromatic carbocycles.